The van der Waals surface area contributed by atoms with Crippen LogP contribution in [-0.2, 0) is 6.54 Å². The van der Waals surface area contributed by atoms with Crippen molar-refractivity contribution in [2.75, 3.05) is 0 Å². The van der Waals surface area contributed by atoms with E-state index < -0.39 is 0 Å². The maximum Gasteiger partial charge on any atom is 0.0327 e. The SMILES string of the molecule is CC(C)Cn1ccc2c1C(c1ccccc1)CC(N)=C2. The predicted molar refractivity (Wildman–Crippen MR) is 84.3 cm³/mol. The van der Waals surface area contributed by atoms with Crippen LogP contribution in [-0.4, -0.2) is 4.57 Å². The van der Waals surface area contributed by atoms with Gasteiger partial charge >= 0.3 is 0 Å². The van der Waals surface area contributed by atoms with Crippen molar-refractivity contribution in [3.8, 4) is 0 Å². The first-order valence-electron chi connectivity index (χ1n) is 7.35. The van der Waals surface area contributed by atoms with Gasteiger partial charge in [-0.3, -0.25) is 0 Å². The molecule has 2 aromatic rings. The summed E-state index contributed by atoms with van der Waals surface area (Å²) in [5.74, 6) is 1.02. The second kappa shape index (κ2) is 5.20. The second-order valence-electron chi connectivity index (χ2n) is 6.09. The molecule has 1 aliphatic carbocycles. The molecule has 0 aliphatic heterocycles. The lowest BCUT2D eigenvalue weighted by Crippen LogP contribution is -2.17. The summed E-state index contributed by atoms with van der Waals surface area (Å²) in [5.41, 5.74) is 11.2. The third-order valence-electron chi connectivity index (χ3n) is 3.91. The number of hydrogen-bond donors (Lipinski definition) is 1. The third kappa shape index (κ3) is 2.38. The molecular formula is C18H22N2. The molecule has 2 heteroatoms. The summed E-state index contributed by atoms with van der Waals surface area (Å²) in [6, 6.07) is 12.9. The fourth-order valence-electron chi connectivity index (χ4n) is 3.13. The molecule has 20 heavy (non-hydrogen) atoms. The van der Waals surface area contributed by atoms with Crippen molar-refractivity contribution in [3.05, 3.63) is 65.1 Å². The molecule has 1 aliphatic rings. The molecule has 0 radical (unpaired) electrons. The smallest absolute Gasteiger partial charge is 0.0327 e. The average molecular weight is 266 g/mol. The Balaban J connectivity index is 2.07. The molecule has 0 amide bonds. The maximum absolute atomic E-state index is 6.14. The average Bonchev–Trinajstić information content (AvgIpc) is 2.81. The van der Waals surface area contributed by atoms with Crippen LogP contribution in [0.4, 0.5) is 0 Å². The van der Waals surface area contributed by atoms with Gasteiger partial charge in [0.15, 0.2) is 0 Å². The van der Waals surface area contributed by atoms with Crippen molar-refractivity contribution in [3.63, 3.8) is 0 Å². The Bertz CT molecular complexity index is 620. The van der Waals surface area contributed by atoms with Crippen LogP contribution >= 0.6 is 0 Å². The number of aromatic nitrogens is 1. The fourth-order valence-corrected chi connectivity index (χ4v) is 3.13. The number of nitrogens with two attached hydrogens (primary N) is 1. The van der Waals surface area contributed by atoms with Crippen LogP contribution in [0.5, 0.6) is 0 Å². The van der Waals surface area contributed by atoms with Crippen molar-refractivity contribution >= 4 is 6.08 Å². The largest absolute Gasteiger partial charge is 0.402 e. The zero-order valence-electron chi connectivity index (χ0n) is 12.2. The number of fused-ring (bicyclic) bond motifs is 1. The van der Waals surface area contributed by atoms with E-state index in [4.69, 9.17) is 5.73 Å². The highest BCUT2D eigenvalue weighted by molar-refractivity contribution is 5.61. The van der Waals surface area contributed by atoms with E-state index in [-0.39, 0.29) is 0 Å². The van der Waals surface area contributed by atoms with E-state index in [9.17, 15) is 0 Å². The van der Waals surface area contributed by atoms with Crippen LogP contribution in [0.1, 0.15) is 43.0 Å². The van der Waals surface area contributed by atoms with Crippen LogP contribution < -0.4 is 5.73 Å². The van der Waals surface area contributed by atoms with E-state index in [1.807, 2.05) is 0 Å². The monoisotopic (exact) mass is 266 g/mol. The minimum atomic E-state index is 0.380. The zero-order valence-corrected chi connectivity index (χ0v) is 12.2. The Hall–Kier alpha value is -1.96. The Morgan fingerprint density at radius 1 is 1.20 bits per heavy atom. The zero-order chi connectivity index (χ0) is 14.1. The van der Waals surface area contributed by atoms with Crippen molar-refractivity contribution in [1.29, 1.82) is 0 Å². The van der Waals surface area contributed by atoms with Gasteiger partial charge in [0.1, 0.15) is 0 Å². The molecule has 3 rings (SSSR count). The molecule has 1 unspecified atom stereocenters. The van der Waals surface area contributed by atoms with Gasteiger partial charge in [-0.15, -0.1) is 0 Å². The Morgan fingerprint density at radius 3 is 2.65 bits per heavy atom. The Morgan fingerprint density at radius 2 is 1.95 bits per heavy atom. The summed E-state index contributed by atoms with van der Waals surface area (Å²) in [6.45, 7) is 5.58. The van der Waals surface area contributed by atoms with E-state index in [1.54, 1.807) is 0 Å². The van der Waals surface area contributed by atoms with Gasteiger partial charge in [0.25, 0.3) is 0 Å². The van der Waals surface area contributed by atoms with E-state index in [0.29, 0.717) is 11.8 Å². The summed E-state index contributed by atoms with van der Waals surface area (Å²) in [7, 11) is 0. The van der Waals surface area contributed by atoms with E-state index in [0.717, 1.165) is 18.7 Å². The van der Waals surface area contributed by atoms with Crippen LogP contribution in [0, 0.1) is 5.92 Å². The first-order valence-corrected chi connectivity index (χ1v) is 7.35. The molecule has 0 saturated heterocycles. The van der Waals surface area contributed by atoms with Gasteiger partial charge in [-0.2, -0.15) is 0 Å². The third-order valence-corrected chi connectivity index (χ3v) is 3.91. The van der Waals surface area contributed by atoms with Crippen LogP contribution in [0.25, 0.3) is 6.08 Å². The molecule has 0 saturated carbocycles. The van der Waals surface area contributed by atoms with Crippen LogP contribution in [0.3, 0.4) is 0 Å². The standard InChI is InChI=1S/C18H22N2/c1-13(2)12-20-9-8-15-10-16(19)11-17(18(15)20)14-6-4-3-5-7-14/h3-10,13,17H,11-12,19H2,1-2H3. The number of benzene rings is 1. The number of nitrogens with zero attached hydrogens (tertiary/aromatic N) is 1. The van der Waals surface area contributed by atoms with Crippen molar-refractivity contribution < 1.29 is 0 Å². The lowest BCUT2D eigenvalue weighted by molar-refractivity contribution is 0.501. The summed E-state index contributed by atoms with van der Waals surface area (Å²) < 4.78 is 2.40. The van der Waals surface area contributed by atoms with Gasteiger partial charge in [-0.1, -0.05) is 44.2 Å². The van der Waals surface area contributed by atoms with E-state index in [1.165, 1.54) is 16.8 Å². The van der Waals surface area contributed by atoms with E-state index in [2.05, 4.69) is 67.1 Å². The van der Waals surface area contributed by atoms with Gasteiger partial charge in [0.2, 0.25) is 0 Å². The highest BCUT2D eigenvalue weighted by atomic mass is 15.0. The van der Waals surface area contributed by atoms with Gasteiger partial charge in [-0.25, -0.2) is 0 Å². The summed E-state index contributed by atoms with van der Waals surface area (Å²) in [4.78, 5) is 0. The first kappa shape index (κ1) is 13.0. The fraction of sp³-hybridized carbons (Fsp3) is 0.333. The number of hydrogen-bond acceptors (Lipinski definition) is 1. The predicted octanol–water partition coefficient (Wildman–Crippen LogP) is 3.98. The molecule has 0 bridgehead atoms. The molecule has 1 aromatic carbocycles. The lowest BCUT2D eigenvalue weighted by Gasteiger charge is -2.26. The highest BCUT2D eigenvalue weighted by Crippen LogP contribution is 2.37. The van der Waals surface area contributed by atoms with Gasteiger partial charge in [0.05, 0.1) is 0 Å². The Kier molecular flexibility index (Phi) is 3.39. The minimum Gasteiger partial charge on any atom is -0.402 e. The molecule has 0 fully saturated rings. The maximum atomic E-state index is 6.14. The molecule has 0 spiro atoms. The number of allylic oxidation sites excluding steroid dienone is 1. The van der Waals surface area contributed by atoms with Crippen molar-refractivity contribution in [2.45, 2.75) is 32.7 Å². The molecule has 2 nitrogen and oxygen atoms in total. The van der Waals surface area contributed by atoms with Crippen LogP contribution in [0.2, 0.25) is 0 Å². The summed E-state index contributed by atoms with van der Waals surface area (Å²) in [5, 5.41) is 0. The van der Waals surface area contributed by atoms with Gasteiger partial charge < -0.3 is 10.3 Å². The molecule has 1 heterocycles. The number of rotatable bonds is 3. The van der Waals surface area contributed by atoms with Gasteiger partial charge in [-0.05, 0) is 35.6 Å². The van der Waals surface area contributed by atoms with Gasteiger partial charge in [0, 0.05) is 30.1 Å². The summed E-state index contributed by atoms with van der Waals surface area (Å²) in [6.07, 6.45) is 5.25. The Labute approximate surface area is 120 Å². The topological polar surface area (TPSA) is 30.9 Å². The molecule has 104 valence electrons. The molecule has 2 N–H and O–H groups in total. The highest BCUT2D eigenvalue weighted by Gasteiger charge is 2.25. The van der Waals surface area contributed by atoms with Crippen LogP contribution in [0.15, 0.2) is 48.3 Å². The molecule has 1 atom stereocenters. The quantitative estimate of drug-likeness (QED) is 0.895. The first-order chi connectivity index (χ1) is 9.65. The molecular weight excluding hydrogens is 244 g/mol. The summed E-state index contributed by atoms with van der Waals surface area (Å²) >= 11 is 0. The van der Waals surface area contributed by atoms with E-state index >= 15 is 0 Å². The molecule has 1 aromatic heterocycles. The van der Waals surface area contributed by atoms with Crippen molar-refractivity contribution in [2.24, 2.45) is 11.7 Å². The van der Waals surface area contributed by atoms with Crippen molar-refractivity contribution in [1.82, 2.24) is 4.57 Å². The normalized spacial score (nSPS) is 17.9. The lowest BCUT2D eigenvalue weighted by atomic mass is 9.85. The minimum absolute atomic E-state index is 0.380. The second-order valence-corrected chi connectivity index (χ2v) is 6.09.